The van der Waals surface area contributed by atoms with E-state index < -0.39 is 0 Å². The number of carbonyl (C=O) groups excluding carboxylic acids is 2. The number of hydrogen-bond donors (Lipinski definition) is 1. The van der Waals surface area contributed by atoms with Gasteiger partial charge < -0.3 is 14.6 Å². The Labute approximate surface area is 154 Å². The first-order valence-electron chi connectivity index (χ1n) is 8.14. The van der Waals surface area contributed by atoms with E-state index >= 15 is 0 Å². The molecule has 3 heterocycles. The first-order chi connectivity index (χ1) is 12.1. The Morgan fingerprint density at radius 1 is 1.48 bits per heavy atom. The highest BCUT2D eigenvalue weighted by atomic mass is 32.2. The van der Waals surface area contributed by atoms with E-state index in [2.05, 4.69) is 15.5 Å². The van der Waals surface area contributed by atoms with E-state index in [1.807, 2.05) is 11.8 Å². The van der Waals surface area contributed by atoms with Crippen molar-refractivity contribution in [3.8, 4) is 0 Å². The molecule has 3 rings (SSSR count). The average Bonchev–Trinajstić information content (AvgIpc) is 3.29. The van der Waals surface area contributed by atoms with Crippen LogP contribution in [0.1, 0.15) is 28.4 Å². The maximum atomic E-state index is 12.4. The number of piperidine rings is 1. The fourth-order valence-electron chi connectivity index (χ4n) is 2.74. The molecule has 1 N–H and O–H groups in total. The third kappa shape index (κ3) is 5.05. The van der Waals surface area contributed by atoms with Gasteiger partial charge in [-0.1, -0.05) is 23.1 Å². The van der Waals surface area contributed by atoms with Crippen molar-refractivity contribution in [2.75, 3.05) is 25.4 Å². The van der Waals surface area contributed by atoms with Gasteiger partial charge in [0, 0.05) is 19.6 Å². The van der Waals surface area contributed by atoms with Gasteiger partial charge in [0.25, 0.3) is 5.91 Å². The lowest BCUT2D eigenvalue weighted by Crippen LogP contribution is -2.44. The zero-order chi connectivity index (χ0) is 17.6. The van der Waals surface area contributed by atoms with E-state index in [0.717, 1.165) is 28.7 Å². The summed E-state index contributed by atoms with van der Waals surface area (Å²) in [6.45, 7) is 3.89. The SMILES string of the molecule is Cc1nnc(SCC(=O)N2CCC[C@@H](CNC(=O)c3ccco3)C2)s1. The molecule has 2 aromatic rings. The van der Waals surface area contributed by atoms with E-state index in [-0.39, 0.29) is 17.7 Å². The van der Waals surface area contributed by atoms with Gasteiger partial charge >= 0.3 is 0 Å². The normalized spacial score (nSPS) is 17.5. The largest absolute Gasteiger partial charge is 0.459 e. The van der Waals surface area contributed by atoms with Crippen LogP contribution in [-0.4, -0.2) is 52.3 Å². The van der Waals surface area contributed by atoms with Gasteiger partial charge in [0.1, 0.15) is 5.01 Å². The lowest BCUT2D eigenvalue weighted by atomic mass is 9.98. The predicted molar refractivity (Wildman–Crippen MR) is 95.7 cm³/mol. The Morgan fingerprint density at radius 2 is 2.36 bits per heavy atom. The Bertz CT molecular complexity index is 717. The number of nitrogens with zero attached hydrogens (tertiary/aromatic N) is 3. The van der Waals surface area contributed by atoms with Crippen LogP contribution in [0.3, 0.4) is 0 Å². The molecule has 0 aromatic carbocycles. The number of nitrogens with one attached hydrogen (secondary N) is 1. The van der Waals surface area contributed by atoms with Gasteiger partial charge in [-0.25, -0.2) is 0 Å². The summed E-state index contributed by atoms with van der Waals surface area (Å²) in [6.07, 6.45) is 3.44. The minimum absolute atomic E-state index is 0.111. The van der Waals surface area contributed by atoms with E-state index in [0.29, 0.717) is 24.6 Å². The minimum atomic E-state index is -0.212. The van der Waals surface area contributed by atoms with Gasteiger partial charge in [-0.15, -0.1) is 10.2 Å². The molecule has 1 aliphatic rings. The summed E-state index contributed by atoms with van der Waals surface area (Å²) in [5, 5.41) is 11.8. The molecule has 1 fully saturated rings. The van der Waals surface area contributed by atoms with Gasteiger partial charge in [-0.2, -0.15) is 0 Å². The van der Waals surface area contributed by atoms with E-state index in [4.69, 9.17) is 4.42 Å². The molecule has 1 aliphatic heterocycles. The van der Waals surface area contributed by atoms with Gasteiger partial charge in [0.05, 0.1) is 12.0 Å². The maximum absolute atomic E-state index is 12.4. The van der Waals surface area contributed by atoms with Crippen molar-refractivity contribution in [2.45, 2.75) is 24.1 Å². The number of likely N-dealkylation sites (tertiary alicyclic amines) is 1. The molecule has 1 saturated heterocycles. The van der Waals surface area contributed by atoms with Crippen LogP contribution in [0.2, 0.25) is 0 Å². The monoisotopic (exact) mass is 380 g/mol. The Hall–Kier alpha value is -1.87. The number of aryl methyl sites for hydroxylation is 1. The molecular weight excluding hydrogens is 360 g/mol. The van der Waals surface area contributed by atoms with Crippen LogP contribution in [0.5, 0.6) is 0 Å². The van der Waals surface area contributed by atoms with Crippen molar-refractivity contribution in [1.29, 1.82) is 0 Å². The van der Waals surface area contributed by atoms with Crippen LogP contribution in [0.4, 0.5) is 0 Å². The van der Waals surface area contributed by atoms with Gasteiger partial charge in [-0.3, -0.25) is 9.59 Å². The van der Waals surface area contributed by atoms with Gasteiger partial charge in [0.2, 0.25) is 5.91 Å². The molecule has 9 heteroatoms. The lowest BCUT2D eigenvalue weighted by molar-refractivity contribution is -0.130. The third-order valence-electron chi connectivity index (χ3n) is 3.99. The summed E-state index contributed by atoms with van der Waals surface area (Å²) in [7, 11) is 0. The quantitative estimate of drug-likeness (QED) is 0.773. The molecule has 7 nitrogen and oxygen atoms in total. The fourth-order valence-corrected chi connectivity index (χ4v) is 4.46. The topological polar surface area (TPSA) is 88.3 Å². The smallest absolute Gasteiger partial charge is 0.286 e. The second-order valence-electron chi connectivity index (χ2n) is 5.91. The molecule has 0 spiro atoms. The standard InChI is InChI=1S/C16H20N4O3S2/c1-11-18-19-16(25-11)24-10-14(21)20-6-2-4-12(9-20)8-17-15(22)13-5-3-7-23-13/h3,5,7,12H,2,4,6,8-10H2,1H3,(H,17,22)/t12-/m0/s1. The second-order valence-corrected chi connectivity index (χ2v) is 8.32. The third-order valence-corrected chi connectivity index (χ3v) is 5.95. The first-order valence-corrected chi connectivity index (χ1v) is 9.94. The zero-order valence-corrected chi connectivity index (χ0v) is 15.6. The Morgan fingerprint density at radius 3 is 3.08 bits per heavy atom. The lowest BCUT2D eigenvalue weighted by Gasteiger charge is -2.32. The summed E-state index contributed by atoms with van der Waals surface area (Å²) in [5.74, 6) is 0.855. The first kappa shape index (κ1) is 17.9. The number of thioether (sulfide) groups is 1. The molecule has 0 aliphatic carbocycles. The summed E-state index contributed by atoms with van der Waals surface area (Å²) in [5.41, 5.74) is 0. The molecule has 2 aromatic heterocycles. The van der Waals surface area contributed by atoms with Crippen molar-refractivity contribution in [3.63, 3.8) is 0 Å². The fraction of sp³-hybridized carbons (Fsp3) is 0.500. The van der Waals surface area contributed by atoms with Crippen molar-refractivity contribution in [1.82, 2.24) is 20.4 Å². The summed E-state index contributed by atoms with van der Waals surface area (Å²) >= 11 is 2.93. The van der Waals surface area contributed by atoms with Crippen LogP contribution in [0, 0.1) is 12.8 Å². The maximum Gasteiger partial charge on any atom is 0.286 e. The minimum Gasteiger partial charge on any atom is -0.459 e. The Kier molecular flexibility index (Phi) is 6.09. The molecular formula is C16H20N4O3S2. The molecule has 0 radical (unpaired) electrons. The highest BCUT2D eigenvalue weighted by molar-refractivity contribution is 8.01. The van der Waals surface area contributed by atoms with E-state index in [1.165, 1.54) is 29.4 Å². The van der Waals surface area contributed by atoms with Crippen LogP contribution < -0.4 is 5.32 Å². The van der Waals surface area contributed by atoms with Crippen molar-refractivity contribution in [3.05, 3.63) is 29.2 Å². The second kappa shape index (κ2) is 8.48. The van der Waals surface area contributed by atoms with Crippen LogP contribution in [-0.2, 0) is 4.79 Å². The summed E-state index contributed by atoms with van der Waals surface area (Å²) < 4.78 is 5.91. The number of furan rings is 1. The molecule has 1 atom stereocenters. The molecule has 0 bridgehead atoms. The molecule has 0 unspecified atom stereocenters. The number of amides is 2. The van der Waals surface area contributed by atoms with E-state index in [1.54, 1.807) is 12.1 Å². The number of hydrogen-bond acceptors (Lipinski definition) is 7. The van der Waals surface area contributed by atoms with Crippen molar-refractivity contribution in [2.24, 2.45) is 5.92 Å². The van der Waals surface area contributed by atoms with Gasteiger partial charge in [-0.05, 0) is 37.8 Å². The van der Waals surface area contributed by atoms with E-state index in [9.17, 15) is 9.59 Å². The van der Waals surface area contributed by atoms with Crippen molar-refractivity contribution < 1.29 is 14.0 Å². The number of rotatable bonds is 6. The van der Waals surface area contributed by atoms with Gasteiger partial charge in [0.15, 0.2) is 10.1 Å². The molecule has 134 valence electrons. The van der Waals surface area contributed by atoms with Crippen LogP contribution in [0.25, 0.3) is 0 Å². The predicted octanol–water partition coefficient (Wildman–Crippen LogP) is 2.20. The number of carbonyl (C=O) groups is 2. The average molecular weight is 380 g/mol. The summed E-state index contributed by atoms with van der Waals surface area (Å²) in [6, 6.07) is 3.32. The molecule has 25 heavy (non-hydrogen) atoms. The zero-order valence-electron chi connectivity index (χ0n) is 13.9. The van der Waals surface area contributed by atoms with Crippen molar-refractivity contribution >= 4 is 34.9 Å². The Balaban J connectivity index is 1.43. The van der Waals surface area contributed by atoms with Crippen LogP contribution >= 0.6 is 23.1 Å². The van der Waals surface area contributed by atoms with Crippen LogP contribution in [0.15, 0.2) is 27.2 Å². The highest BCUT2D eigenvalue weighted by Gasteiger charge is 2.24. The molecule has 2 amide bonds. The summed E-state index contributed by atoms with van der Waals surface area (Å²) in [4.78, 5) is 26.2. The highest BCUT2D eigenvalue weighted by Crippen LogP contribution is 2.23. The number of aromatic nitrogens is 2. The molecule has 0 saturated carbocycles.